The Morgan fingerprint density at radius 1 is 0.283 bits per heavy atom. The van der Waals surface area contributed by atoms with Gasteiger partial charge in [0.2, 0.25) is 0 Å². The lowest BCUT2D eigenvalue weighted by Crippen LogP contribution is -2.02. The van der Waals surface area contributed by atoms with Gasteiger partial charge in [-0.25, -0.2) is 15.0 Å². The highest BCUT2D eigenvalue weighted by Crippen LogP contribution is 2.45. The second-order valence-corrected chi connectivity index (χ2v) is 17.2. The molecule has 0 saturated carbocycles. The lowest BCUT2D eigenvalue weighted by atomic mass is 9.87. The number of nitrogens with zero attached hydrogens (tertiary/aromatic N) is 3. The van der Waals surface area contributed by atoms with Crippen LogP contribution in [0.3, 0.4) is 0 Å². The van der Waals surface area contributed by atoms with E-state index in [2.05, 4.69) is 200 Å². The zero-order valence-corrected chi connectivity index (χ0v) is 33.8. The molecule has 3 aromatic heterocycles. The molecule has 0 saturated heterocycles. The molecule has 9 aromatic carbocycles. The smallest absolute Gasteiger partial charge is 0.165 e. The van der Waals surface area contributed by atoms with Gasteiger partial charge in [-0.2, -0.15) is 0 Å². The summed E-state index contributed by atoms with van der Waals surface area (Å²) < 4.78 is 4.82. The quantitative estimate of drug-likeness (QED) is 0.168. The topological polar surface area (TPSA) is 38.7 Å². The summed E-state index contributed by atoms with van der Waals surface area (Å²) in [6, 6.07) is 71.6. The second kappa shape index (κ2) is 14.2. The van der Waals surface area contributed by atoms with Crippen molar-refractivity contribution < 1.29 is 0 Å². The van der Waals surface area contributed by atoms with E-state index in [-0.39, 0.29) is 0 Å². The summed E-state index contributed by atoms with van der Waals surface area (Å²) in [6.07, 6.45) is 0. The normalized spacial score (nSPS) is 11.7. The zero-order chi connectivity index (χ0) is 39.6. The third kappa shape index (κ3) is 5.74. The fourth-order valence-corrected chi connectivity index (χ4v) is 11.2. The summed E-state index contributed by atoms with van der Waals surface area (Å²) in [5.41, 5.74) is 9.73. The first-order valence-electron chi connectivity index (χ1n) is 20.1. The molecule has 0 N–H and O–H groups in total. The minimum absolute atomic E-state index is 0.633. The fraction of sp³-hybridized carbons (Fsp3) is 0. The average molecular weight is 800 g/mol. The van der Waals surface area contributed by atoms with E-state index in [1.54, 1.807) is 22.7 Å². The van der Waals surface area contributed by atoms with Gasteiger partial charge in [0.1, 0.15) is 0 Å². The predicted molar refractivity (Wildman–Crippen MR) is 256 cm³/mol. The Bertz CT molecular complexity index is 3470. The Balaban J connectivity index is 1.17. The van der Waals surface area contributed by atoms with Crippen LogP contribution < -0.4 is 0 Å². The maximum atomic E-state index is 5.49. The maximum Gasteiger partial charge on any atom is 0.165 e. The van der Waals surface area contributed by atoms with Crippen molar-refractivity contribution in [2.24, 2.45) is 0 Å². The van der Waals surface area contributed by atoms with Crippen molar-refractivity contribution in [3.8, 4) is 67.5 Å². The molecule has 0 bridgehead atoms. The molecule has 5 heteroatoms. The molecule has 3 heterocycles. The highest BCUT2D eigenvalue weighted by Gasteiger charge is 2.22. The van der Waals surface area contributed by atoms with Gasteiger partial charge in [-0.15, -0.1) is 22.7 Å². The van der Waals surface area contributed by atoms with Crippen LogP contribution in [0.2, 0.25) is 0 Å². The number of fused-ring (bicyclic) bond motifs is 7. The van der Waals surface area contributed by atoms with E-state index in [0.717, 1.165) is 33.4 Å². The first-order valence-corrected chi connectivity index (χ1v) is 21.7. The number of benzene rings is 9. The molecule has 0 amide bonds. The summed E-state index contributed by atoms with van der Waals surface area (Å²) in [4.78, 5) is 16.4. The van der Waals surface area contributed by atoms with Crippen molar-refractivity contribution in [2.45, 2.75) is 0 Å². The highest BCUT2D eigenvalue weighted by atomic mass is 32.1. The zero-order valence-electron chi connectivity index (χ0n) is 32.2. The molecule has 0 aliphatic carbocycles. The molecule has 0 spiro atoms. The van der Waals surface area contributed by atoms with E-state index >= 15 is 0 Å². The van der Waals surface area contributed by atoms with Crippen molar-refractivity contribution in [2.75, 3.05) is 0 Å². The van der Waals surface area contributed by atoms with Crippen LogP contribution in [0, 0.1) is 0 Å². The first kappa shape index (κ1) is 34.7. The summed E-state index contributed by atoms with van der Waals surface area (Å²) in [6.45, 7) is 0. The fourth-order valence-electron chi connectivity index (χ4n) is 8.78. The molecule has 0 aliphatic heterocycles. The molecule has 3 nitrogen and oxygen atoms in total. The Hall–Kier alpha value is -7.31. The number of aromatic nitrogens is 3. The lowest BCUT2D eigenvalue weighted by molar-refractivity contribution is 1.08. The molecule has 0 fully saturated rings. The molecule has 280 valence electrons. The molecule has 0 radical (unpaired) electrons. The standard InChI is InChI=1S/C55H33N3S2/c1-3-15-34(16-4-1)38-31-30-37(50-39-20-8-7-19-36(39)29-32-40(50)35-17-5-2-6-18-35)33-47(38)55-57-53(45-25-13-23-43-41-21-9-11-27-48(41)59-51(43)45)56-54(58-55)46-26-14-24-44-42-22-10-12-28-49(42)60-52(44)46/h1-33H. The van der Waals surface area contributed by atoms with Gasteiger partial charge >= 0.3 is 0 Å². The lowest BCUT2D eigenvalue weighted by Gasteiger charge is -2.17. The predicted octanol–water partition coefficient (Wildman–Crippen LogP) is 15.8. The summed E-state index contributed by atoms with van der Waals surface area (Å²) in [5.74, 6) is 1.95. The SMILES string of the molecule is c1ccc(-c2ccc(-c3c(-c4ccccc4)ccc4ccccc34)cc2-c2nc(-c3cccc4c3sc3ccccc34)nc(-c3cccc4c3sc3ccccc34)n2)cc1. The summed E-state index contributed by atoms with van der Waals surface area (Å²) >= 11 is 3.59. The molecule has 0 aliphatic rings. The molecule has 0 atom stereocenters. The van der Waals surface area contributed by atoms with Crippen molar-refractivity contribution >= 4 is 73.8 Å². The van der Waals surface area contributed by atoms with Crippen molar-refractivity contribution in [3.63, 3.8) is 0 Å². The monoisotopic (exact) mass is 799 g/mol. The van der Waals surface area contributed by atoms with E-state index in [1.807, 2.05) is 0 Å². The van der Waals surface area contributed by atoms with Crippen LogP contribution in [0.15, 0.2) is 200 Å². The van der Waals surface area contributed by atoms with E-state index in [1.165, 1.54) is 67.8 Å². The van der Waals surface area contributed by atoms with Gasteiger partial charge in [0.05, 0.1) is 0 Å². The van der Waals surface area contributed by atoms with Crippen LogP contribution in [0.4, 0.5) is 0 Å². The minimum atomic E-state index is 0.633. The third-order valence-electron chi connectivity index (χ3n) is 11.6. The van der Waals surface area contributed by atoms with Crippen LogP contribution in [0.1, 0.15) is 0 Å². The van der Waals surface area contributed by atoms with Gasteiger partial charge in [-0.1, -0.05) is 170 Å². The maximum absolute atomic E-state index is 5.49. The van der Waals surface area contributed by atoms with Crippen molar-refractivity contribution in [3.05, 3.63) is 200 Å². The van der Waals surface area contributed by atoms with Crippen LogP contribution in [0.25, 0.3) is 119 Å². The average Bonchev–Trinajstić information content (AvgIpc) is 3.90. The highest BCUT2D eigenvalue weighted by molar-refractivity contribution is 7.26. The van der Waals surface area contributed by atoms with Crippen molar-refractivity contribution in [1.82, 2.24) is 15.0 Å². The summed E-state index contributed by atoms with van der Waals surface area (Å²) in [5, 5.41) is 7.29. The molecule has 60 heavy (non-hydrogen) atoms. The van der Waals surface area contributed by atoms with Gasteiger partial charge in [0, 0.05) is 57.0 Å². The van der Waals surface area contributed by atoms with E-state index in [0.29, 0.717) is 17.5 Å². The first-order chi connectivity index (χ1) is 29.7. The van der Waals surface area contributed by atoms with Crippen molar-refractivity contribution in [1.29, 1.82) is 0 Å². The molecular formula is C55H33N3S2. The van der Waals surface area contributed by atoms with Gasteiger partial charge < -0.3 is 0 Å². The van der Waals surface area contributed by atoms with E-state index in [4.69, 9.17) is 15.0 Å². The van der Waals surface area contributed by atoms with Crippen LogP contribution >= 0.6 is 22.7 Å². The van der Waals surface area contributed by atoms with Crippen LogP contribution in [-0.4, -0.2) is 15.0 Å². The van der Waals surface area contributed by atoms with Crippen LogP contribution in [-0.2, 0) is 0 Å². The Kier molecular flexibility index (Phi) is 8.22. The third-order valence-corrected chi connectivity index (χ3v) is 14.0. The number of hydrogen-bond acceptors (Lipinski definition) is 5. The minimum Gasteiger partial charge on any atom is -0.208 e. The van der Waals surface area contributed by atoms with E-state index < -0.39 is 0 Å². The Morgan fingerprint density at radius 3 is 1.35 bits per heavy atom. The second-order valence-electron chi connectivity index (χ2n) is 15.1. The van der Waals surface area contributed by atoms with Gasteiger partial charge in [0.15, 0.2) is 17.5 Å². The van der Waals surface area contributed by atoms with Gasteiger partial charge in [-0.05, 0) is 74.5 Å². The van der Waals surface area contributed by atoms with Gasteiger partial charge in [-0.3, -0.25) is 0 Å². The number of hydrogen-bond donors (Lipinski definition) is 0. The molecule has 0 unspecified atom stereocenters. The molecule has 12 rings (SSSR count). The summed E-state index contributed by atoms with van der Waals surface area (Å²) in [7, 11) is 0. The van der Waals surface area contributed by atoms with Crippen LogP contribution in [0.5, 0.6) is 0 Å². The largest absolute Gasteiger partial charge is 0.208 e. The number of thiophene rings is 2. The Morgan fingerprint density at radius 2 is 0.750 bits per heavy atom. The number of rotatable bonds is 6. The molecular weight excluding hydrogens is 767 g/mol. The molecule has 12 aromatic rings. The van der Waals surface area contributed by atoms with Gasteiger partial charge in [0.25, 0.3) is 0 Å². The van der Waals surface area contributed by atoms with E-state index in [9.17, 15) is 0 Å². The Labute approximate surface area is 354 Å².